The summed E-state index contributed by atoms with van der Waals surface area (Å²) in [6, 6.07) is 5.67. The number of carbonyl (C=O) groups is 1. The van der Waals surface area contributed by atoms with Crippen LogP contribution in [0.1, 0.15) is 6.42 Å². The first-order valence-electron chi connectivity index (χ1n) is 4.99. The number of rotatable bonds is 6. The number of primary amides is 1. The van der Waals surface area contributed by atoms with E-state index in [2.05, 4.69) is 5.32 Å². The third-order valence-corrected chi connectivity index (χ3v) is 2.19. The van der Waals surface area contributed by atoms with Gasteiger partial charge in [0.25, 0.3) is 0 Å². The van der Waals surface area contributed by atoms with Crippen molar-refractivity contribution in [3.05, 3.63) is 30.1 Å². The lowest BCUT2D eigenvalue weighted by atomic mass is 10.2. The quantitative estimate of drug-likeness (QED) is 0.749. The van der Waals surface area contributed by atoms with Crippen molar-refractivity contribution in [3.8, 4) is 5.75 Å². The smallest absolute Gasteiger partial charge is 0.234 e. The van der Waals surface area contributed by atoms with Gasteiger partial charge in [-0.15, -0.1) is 0 Å². The molecule has 1 rings (SSSR count). The van der Waals surface area contributed by atoms with E-state index in [-0.39, 0.29) is 12.4 Å². The number of benzene rings is 1. The molecule has 16 heavy (non-hydrogen) atoms. The highest BCUT2D eigenvalue weighted by atomic mass is 19.1. The molecular weight excluding hydrogens is 211 g/mol. The van der Waals surface area contributed by atoms with Crippen molar-refractivity contribution in [2.75, 3.05) is 13.7 Å². The Bertz CT molecular complexity index is 358. The Morgan fingerprint density at radius 2 is 2.25 bits per heavy atom. The fourth-order valence-corrected chi connectivity index (χ4v) is 1.28. The third-order valence-electron chi connectivity index (χ3n) is 2.19. The maximum atomic E-state index is 13.1. The Balaban J connectivity index is 2.41. The fraction of sp³-hybridized carbons (Fsp3) is 0.364. The third kappa shape index (κ3) is 3.51. The number of likely N-dealkylation sites (N-methyl/N-ethyl adjacent to an activating group) is 1. The van der Waals surface area contributed by atoms with Crippen molar-refractivity contribution in [1.29, 1.82) is 0 Å². The minimum atomic E-state index is -0.452. The molecule has 4 nitrogen and oxygen atoms in total. The van der Waals surface area contributed by atoms with E-state index in [1.165, 1.54) is 12.1 Å². The van der Waals surface area contributed by atoms with E-state index in [9.17, 15) is 9.18 Å². The van der Waals surface area contributed by atoms with E-state index >= 15 is 0 Å². The topological polar surface area (TPSA) is 64.3 Å². The maximum Gasteiger partial charge on any atom is 0.234 e. The van der Waals surface area contributed by atoms with Crippen LogP contribution in [0.5, 0.6) is 5.75 Å². The molecule has 1 aromatic carbocycles. The molecule has 0 fully saturated rings. The molecule has 1 amide bonds. The summed E-state index contributed by atoms with van der Waals surface area (Å²) >= 11 is 0. The second-order valence-corrected chi connectivity index (χ2v) is 3.31. The number of halogens is 1. The molecule has 0 aliphatic carbocycles. The molecule has 0 spiro atoms. The number of nitrogens with two attached hydrogens (primary N) is 1. The van der Waals surface area contributed by atoms with E-state index < -0.39 is 17.8 Å². The van der Waals surface area contributed by atoms with Gasteiger partial charge in [-0.1, -0.05) is 12.1 Å². The Labute approximate surface area is 93.6 Å². The maximum absolute atomic E-state index is 13.1. The summed E-state index contributed by atoms with van der Waals surface area (Å²) in [4.78, 5) is 10.9. The molecule has 0 heterocycles. The Morgan fingerprint density at radius 1 is 1.56 bits per heavy atom. The van der Waals surface area contributed by atoms with Crippen LogP contribution in [-0.4, -0.2) is 25.6 Å². The molecule has 5 heteroatoms. The minimum Gasteiger partial charge on any atom is -0.490 e. The fourth-order valence-electron chi connectivity index (χ4n) is 1.28. The van der Waals surface area contributed by atoms with Crippen LogP contribution in [0.15, 0.2) is 24.3 Å². The molecule has 0 aliphatic rings. The van der Waals surface area contributed by atoms with Crippen LogP contribution in [0.4, 0.5) is 4.39 Å². The van der Waals surface area contributed by atoms with Crippen molar-refractivity contribution >= 4 is 5.91 Å². The van der Waals surface area contributed by atoms with Gasteiger partial charge in [0.05, 0.1) is 12.6 Å². The molecule has 3 N–H and O–H groups in total. The minimum absolute atomic E-state index is 0.182. The zero-order chi connectivity index (χ0) is 12.0. The number of carbonyl (C=O) groups excluding carboxylic acids is 1. The van der Waals surface area contributed by atoms with Crippen molar-refractivity contribution < 1.29 is 13.9 Å². The molecule has 0 radical (unpaired) electrons. The lowest BCUT2D eigenvalue weighted by Crippen LogP contribution is -2.40. The Hall–Kier alpha value is -1.62. The molecule has 88 valence electrons. The van der Waals surface area contributed by atoms with E-state index in [0.717, 1.165) is 0 Å². The first-order chi connectivity index (χ1) is 7.65. The van der Waals surface area contributed by atoms with Gasteiger partial charge in [-0.25, -0.2) is 4.39 Å². The number of nitrogens with one attached hydrogen (secondary N) is 1. The molecule has 1 aromatic rings. The standard InChI is InChI=1S/C11H15FN2O2/c1-14-9(11(13)15)6-7-16-10-5-3-2-4-8(10)12/h2-5,9,14H,6-7H2,1H3,(H2,13,15). The molecule has 0 saturated heterocycles. The highest BCUT2D eigenvalue weighted by molar-refractivity contribution is 5.79. The van der Waals surface area contributed by atoms with Gasteiger partial charge >= 0.3 is 0 Å². The van der Waals surface area contributed by atoms with Gasteiger partial charge in [0.2, 0.25) is 5.91 Å². The number of para-hydroxylation sites is 1. The zero-order valence-electron chi connectivity index (χ0n) is 9.07. The summed E-state index contributed by atoms with van der Waals surface area (Å²) in [5.74, 6) is -0.677. The van der Waals surface area contributed by atoms with Crippen molar-refractivity contribution in [2.45, 2.75) is 12.5 Å². The Kier molecular flexibility index (Phi) is 4.72. The monoisotopic (exact) mass is 226 g/mol. The lowest BCUT2D eigenvalue weighted by molar-refractivity contribution is -0.120. The van der Waals surface area contributed by atoms with Crippen molar-refractivity contribution in [3.63, 3.8) is 0 Å². The summed E-state index contributed by atoms with van der Waals surface area (Å²) in [5.41, 5.74) is 5.13. The second kappa shape index (κ2) is 6.07. The van der Waals surface area contributed by atoms with Gasteiger partial charge in [-0.2, -0.15) is 0 Å². The van der Waals surface area contributed by atoms with Crippen LogP contribution in [0.2, 0.25) is 0 Å². The van der Waals surface area contributed by atoms with Gasteiger partial charge in [0.15, 0.2) is 11.6 Å². The van der Waals surface area contributed by atoms with Crippen LogP contribution in [0, 0.1) is 5.82 Å². The predicted octanol–water partition coefficient (Wildman–Crippen LogP) is 0.668. The van der Waals surface area contributed by atoms with Crippen molar-refractivity contribution in [2.24, 2.45) is 5.73 Å². The first kappa shape index (κ1) is 12.4. The molecule has 0 saturated carbocycles. The molecule has 0 bridgehead atoms. The number of ether oxygens (including phenoxy) is 1. The highest BCUT2D eigenvalue weighted by Crippen LogP contribution is 2.15. The van der Waals surface area contributed by atoms with Crippen LogP contribution < -0.4 is 15.8 Å². The van der Waals surface area contributed by atoms with E-state index in [1.807, 2.05) is 0 Å². The van der Waals surface area contributed by atoms with Gasteiger partial charge in [-0.05, 0) is 19.2 Å². The average molecular weight is 226 g/mol. The SMILES string of the molecule is CNC(CCOc1ccccc1F)C(N)=O. The molecular formula is C11H15FN2O2. The predicted molar refractivity (Wildman–Crippen MR) is 58.6 cm³/mol. The van der Waals surface area contributed by atoms with E-state index in [0.29, 0.717) is 6.42 Å². The Morgan fingerprint density at radius 3 is 2.81 bits per heavy atom. The summed E-state index contributed by atoms with van der Waals surface area (Å²) in [6.07, 6.45) is 0.403. The summed E-state index contributed by atoms with van der Waals surface area (Å²) < 4.78 is 18.3. The summed E-state index contributed by atoms with van der Waals surface area (Å²) in [5, 5.41) is 2.75. The van der Waals surface area contributed by atoms with E-state index in [4.69, 9.17) is 10.5 Å². The molecule has 1 unspecified atom stereocenters. The number of hydrogen-bond acceptors (Lipinski definition) is 3. The van der Waals surface area contributed by atoms with Gasteiger partial charge in [-0.3, -0.25) is 4.79 Å². The summed E-state index contributed by atoms with van der Waals surface area (Å²) in [7, 11) is 1.64. The average Bonchev–Trinajstić information content (AvgIpc) is 2.26. The lowest BCUT2D eigenvalue weighted by Gasteiger charge is -2.12. The summed E-state index contributed by atoms with van der Waals surface area (Å²) in [6.45, 7) is 0.232. The van der Waals surface area contributed by atoms with Crippen LogP contribution in [-0.2, 0) is 4.79 Å². The van der Waals surface area contributed by atoms with Crippen LogP contribution >= 0.6 is 0 Å². The van der Waals surface area contributed by atoms with Crippen molar-refractivity contribution in [1.82, 2.24) is 5.32 Å². The molecule has 1 atom stereocenters. The second-order valence-electron chi connectivity index (χ2n) is 3.31. The largest absolute Gasteiger partial charge is 0.490 e. The number of amides is 1. The molecule has 0 aliphatic heterocycles. The number of hydrogen-bond donors (Lipinski definition) is 2. The molecule has 0 aromatic heterocycles. The van der Waals surface area contributed by atoms with E-state index in [1.54, 1.807) is 19.2 Å². The normalized spacial score (nSPS) is 12.1. The van der Waals surface area contributed by atoms with Crippen LogP contribution in [0.25, 0.3) is 0 Å². The highest BCUT2D eigenvalue weighted by Gasteiger charge is 2.12. The van der Waals surface area contributed by atoms with Gasteiger partial charge in [0, 0.05) is 6.42 Å². The van der Waals surface area contributed by atoms with Gasteiger partial charge < -0.3 is 15.8 Å². The van der Waals surface area contributed by atoms with Gasteiger partial charge in [0.1, 0.15) is 0 Å². The first-order valence-corrected chi connectivity index (χ1v) is 4.99. The van der Waals surface area contributed by atoms with Crippen LogP contribution in [0.3, 0.4) is 0 Å². The zero-order valence-corrected chi connectivity index (χ0v) is 9.07.